The monoisotopic (exact) mass is 385 g/mol. The average molecular weight is 386 g/mol. The van der Waals surface area contributed by atoms with E-state index >= 15 is 0 Å². The number of carbonyl (C=O) groups is 1. The molecule has 1 aromatic carbocycles. The maximum absolute atomic E-state index is 12.1. The number of aliphatic hydroxyl groups excluding tert-OH is 1. The normalized spacial score (nSPS) is 39.6. The molecule has 2 unspecified atom stereocenters. The van der Waals surface area contributed by atoms with Crippen LogP contribution in [0.3, 0.4) is 0 Å². The van der Waals surface area contributed by atoms with E-state index in [2.05, 4.69) is 0 Å². The summed E-state index contributed by atoms with van der Waals surface area (Å²) >= 11 is 0. The van der Waals surface area contributed by atoms with Crippen molar-refractivity contribution in [1.29, 1.82) is 0 Å². The number of benzene rings is 1. The van der Waals surface area contributed by atoms with Crippen LogP contribution < -0.4 is 5.73 Å². The predicted molar refractivity (Wildman–Crippen MR) is 105 cm³/mol. The number of primary amides is 1. The Balaban J connectivity index is 1.65. The molecule has 0 aromatic heterocycles. The summed E-state index contributed by atoms with van der Waals surface area (Å²) in [5, 5.41) is 33.7. The van der Waals surface area contributed by atoms with Crippen molar-refractivity contribution >= 4 is 5.91 Å². The zero-order chi connectivity index (χ0) is 19.7. The van der Waals surface area contributed by atoms with E-state index in [9.17, 15) is 20.1 Å². The fourth-order valence-electron chi connectivity index (χ4n) is 7.18. The number of amides is 1. The highest BCUT2D eigenvalue weighted by atomic mass is 16.3. The van der Waals surface area contributed by atoms with Gasteiger partial charge < -0.3 is 21.1 Å². The number of phenols is 1. The van der Waals surface area contributed by atoms with Gasteiger partial charge >= 0.3 is 0 Å². The molecule has 5 N–H and O–H groups in total. The fourth-order valence-corrected chi connectivity index (χ4v) is 7.18. The highest BCUT2D eigenvalue weighted by molar-refractivity contribution is 5.96. The molecule has 3 fully saturated rings. The van der Waals surface area contributed by atoms with Gasteiger partial charge in [0, 0.05) is 11.0 Å². The van der Waals surface area contributed by atoms with Crippen LogP contribution in [0.25, 0.3) is 0 Å². The standard InChI is InChI=1S/C23H31NO4/c24-21(27)17-5-4-15-11-18-14(10-13-2-1-3-13)6-8-22(19(15)20(17)26)12-16(25)7-9-23(18,22)28/h4-5,13-14,16,18,25-26,28H,1-3,6-12H2,(H2,24,27)/t14?,16-,18+,22?,23-/m1/s1. The van der Waals surface area contributed by atoms with Crippen molar-refractivity contribution in [2.45, 2.75) is 81.3 Å². The van der Waals surface area contributed by atoms with Crippen molar-refractivity contribution in [3.63, 3.8) is 0 Å². The Bertz CT molecular complexity index is 819. The van der Waals surface area contributed by atoms with Crippen LogP contribution in [0.15, 0.2) is 12.1 Å². The number of hydrogen-bond acceptors (Lipinski definition) is 4. The Hall–Kier alpha value is -1.59. The average Bonchev–Trinajstić information content (AvgIpc) is 2.59. The lowest BCUT2D eigenvalue weighted by atomic mass is 9.43. The summed E-state index contributed by atoms with van der Waals surface area (Å²) in [6.45, 7) is 0. The minimum atomic E-state index is -0.931. The molecule has 4 aliphatic carbocycles. The summed E-state index contributed by atoms with van der Waals surface area (Å²) in [4.78, 5) is 11.8. The Kier molecular flexibility index (Phi) is 4.08. The summed E-state index contributed by atoms with van der Waals surface area (Å²) in [6.07, 6.45) is 8.72. The van der Waals surface area contributed by atoms with Crippen molar-refractivity contribution < 1.29 is 20.1 Å². The molecule has 5 nitrogen and oxygen atoms in total. The summed E-state index contributed by atoms with van der Waals surface area (Å²) in [7, 11) is 0. The van der Waals surface area contributed by atoms with Crippen LogP contribution in [-0.2, 0) is 11.8 Å². The van der Waals surface area contributed by atoms with E-state index in [1.807, 2.05) is 6.07 Å². The third kappa shape index (κ3) is 2.35. The third-order valence-electron chi connectivity index (χ3n) is 8.70. The van der Waals surface area contributed by atoms with Crippen LogP contribution in [0.2, 0.25) is 0 Å². The van der Waals surface area contributed by atoms with E-state index in [0.29, 0.717) is 30.7 Å². The van der Waals surface area contributed by atoms with Gasteiger partial charge in [-0.3, -0.25) is 4.79 Å². The van der Waals surface area contributed by atoms with Gasteiger partial charge in [-0.05, 0) is 74.3 Å². The zero-order valence-electron chi connectivity index (χ0n) is 16.4. The lowest BCUT2D eigenvalue weighted by Crippen LogP contribution is -2.67. The van der Waals surface area contributed by atoms with Gasteiger partial charge in [0.1, 0.15) is 5.75 Å². The van der Waals surface area contributed by atoms with Crippen LogP contribution >= 0.6 is 0 Å². The van der Waals surface area contributed by atoms with Gasteiger partial charge in [-0.1, -0.05) is 25.3 Å². The highest BCUT2D eigenvalue weighted by Crippen LogP contribution is 2.65. The first kappa shape index (κ1) is 18.4. The maximum atomic E-state index is 12.1. The smallest absolute Gasteiger partial charge is 0.252 e. The number of aliphatic hydroxyl groups is 2. The molecule has 1 aromatic rings. The summed E-state index contributed by atoms with van der Waals surface area (Å²) in [5.74, 6) is 0.707. The minimum Gasteiger partial charge on any atom is -0.507 e. The first-order chi connectivity index (χ1) is 13.4. The van der Waals surface area contributed by atoms with Crippen molar-refractivity contribution in [2.24, 2.45) is 23.5 Å². The van der Waals surface area contributed by atoms with Crippen LogP contribution in [0.1, 0.15) is 79.3 Å². The van der Waals surface area contributed by atoms with Gasteiger partial charge in [0.05, 0.1) is 17.3 Å². The Labute approximate surface area is 165 Å². The van der Waals surface area contributed by atoms with Gasteiger partial charge in [0.25, 0.3) is 5.91 Å². The van der Waals surface area contributed by atoms with E-state index in [0.717, 1.165) is 30.7 Å². The number of aromatic hydroxyl groups is 1. The SMILES string of the molecule is NC(=O)c1ccc2c(c1O)C13CCC(CC4CCC4)[C@H](C2)[C@]1(O)CC[C@@H](O)C3. The van der Waals surface area contributed by atoms with Gasteiger partial charge in [0.15, 0.2) is 0 Å². The molecule has 152 valence electrons. The zero-order valence-corrected chi connectivity index (χ0v) is 16.4. The molecular weight excluding hydrogens is 354 g/mol. The molecule has 2 bridgehead atoms. The quantitative estimate of drug-likeness (QED) is 0.642. The Morgan fingerprint density at radius 2 is 1.96 bits per heavy atom. The molecule has 1 amide bonds. The summed E-state index contributed by atoms with van der Waals surface area (Å²) in [5.41, 5.74) is 5.69. The van der Waals surface area contributed by atoms with Crippen LogP contribution in [0.4, 0.5) is 0 Å². The summed E-state index contributed by atoms with van der Waals surface area (Å²) < 4.78 is 0. The lowest BCUT2D eigenvalue weighted by molar-refractivity contribution is -0.185. The van der Waals surface area contributed by atoms with Crippen molar-refractivity contribution in [2.75, 3.05) is 0 Å². The maximum Gasteiger partial charge on any atom is 0.252 e. The Morgan fingerprint density at radius 1 is 1.18 bits per heavy atom. The van der Waals surface area contributed by atoms with Crippen molar-refractivity contribution in [3.05, 3.63) is 28.8 Å². The number of rotatable bonds is 3. The predicted octanol–water partition coefficient (Wildman–Crippen LogP) is 2.78. The highest BCUT2D eigenvalue weighted by Gasteiger charge is 2.65. The van der Waals surface area contributed by atoms with E-state index in [-0.39, 0.29) is 17.2 Å². The molecule has 4 aliphatic rings. The largest absolute Gasteiger partial charge is 0.507 e. The topological polar surface area (TPSA) is 104 Å². The molecule has 5 atom stereocenters. The molecule has 28 heavy (non-hydrogen) atoms. The molecule has 5 rings (SSSR count). The molecule has 0 heterocycles. The Morgan fingerprint density at radius 3 is 2.64 bits per heavy atom. The molecular formula is C23H31NO4. The second-order valence-electron chi connectivity index (χ2n) is 9.91. The second kappa shape index (κ2) is 6.20. The molecule has 0 saturated heterocycles. The lowest BCUT2D eigenvalue weighted by Gasteiger charge is -2.64. The third-order valence-corrected chi connectivity index (χ3v) is 8.70. The van der Waals surface area contributed by atoms with Crippen LogP contribution in [-0.4, -0.2) is 32.9 Å². The van der Waals surface area contributed by atoms with Gasteiger partial charge in [-0.2, -0.15) is 0 Å². The van der Waals surface area contributed by atoms with Crippen molar-refractivity contribution in [3.8, 4) is 5.75 Å². The first-order valence-electron chi connectivity index (χ1n) is 10.9. The van der Waals surface area contributed by atoms with E-state index in [4.69, 9.17) is 5.73 Å². The molecule has 3 saturated carbocycles. The van der Waals surface area contributed by atoms with Gasteiger partial charge in [-0.25, -0.2) is 0 Å². The summed E-state index contributed by atoms with van der Waals surface area (Å²) in [6, 6.07) is 3.53. The van der Waals surface area contributed by atoms with Gasteiger partial charge in [-0.15, -0.1) is 0 Å². The van der Waals surface area contributed by atoms with Crippen LogP contribution in [0, 0.1) is 17.8 Å². The van der Waals surface area contributed by atoms with E-state index in [1.54, 1.807) is 6.07 Å². The number of nitrogens with two attached hydrogens (primary N) is 1. The minimum absolute atomic E-state index is 0.0755. The second-order valence-corrected chi connectivity index (χ2v) is 9.91. The molecule has 0 radical (unpaired) electrons. The van der Waals surface area contributed by atoms with E-state index in [1.165, 1.54) is 25.7 Å². The molecule has 5 heteroatoms. The van der Waals surface area contributed by atoms with Crippen molar-refractivity contribution in [1.82, 2.24) is 0 Å². The molecule has 0 aliphatic heterocycles. The first-order valence-corrected chi connectivity index (χ1v) is 10.9. The number of hydrogen-bond donors (Lipinski definition) is 4. The fraction of sp³-hybridized carbons (Fsp3) is 0.696. The van der Waals surface area contributed by atoms with Crippen LogP contribution in [0.5, 0.6) is 5.75 Å². The van der Waals surface area contributed by atoms with E-state index < -0.39 is 23.0 Å². The number of fused-ring (bicyclic) bond motifs is 1. The molecule has 0 spiro atoms. The number of carbonyl (C=O) groups excluding carboxylic acids is 1. The van der Waals surface area contributed by atoms with Gasteiger partial charge in [0.2, 0.25) is 0 Å².